The Morgan fingerprint density at radius 2 is 1.61 bits per heavy atom. The average Bonchev–Trinajstić information content (AvgIpc) is 3.47. The van der Waals surface area contributed by atoms with Crippen LogP contribution in [0.5, 0.6) is 0 Å². The van der Waals surface area contributed by atoms with Gasteiger partial charge < -0.3 is 10.6 Å². The number of benzene rings is 2. The Bertz CT molecular complexity index is 914. The summed E-state index contributed by atoms with van der Waals surface area (Å²) in [4.78, 5) is 7.05. The fourth-order valence-electron chi connectivity index (χ4n) is 5.52. The zero-order valence-corrected chi connectivity index (χ0v) is 17.9. The molecule has 4 unspecified atom stereocenters. The van der Waals surface area contributed by atoms with E-state index in [1.807, 2.05) is 0 Å². The topological polar surface area (TPSA) is 39.7 Å². The fraction of sp³-hybridized carbons (Fsp3) is 0.480. The first-order valence-electron chi connectivity index (χ1n) is 11.4. The molecule has 6 heteroatoms. The van der Waals surface area contributed by atoms with Gasteiger partial charge in [0.15, 0.2) is 5.96 Å². The van der Waals surface area contributed by atoms with Crippen molar-refractivity contribution in [2.45, 2.75) is 68.7 Å². The molecule has 2 N–H and O–H groups in total. The summed E-state index contributed by atoms with van der Waals surface area (Å²) in [5, 5.41) is 6.97. The lowest BCUT2D eigenvalue weighted by atomic mass is 9.96. The van der Waals surface area contributed by atoms with Crippen LogP contribution in [0, 0.1) is 11.6 Å². The van der Waals surface area contributed by atoms with Crippen molar-refractivity contribution in [3.8, 4) is 0 Å². The molecule has 3 fully saturated rings. The fourth-order valence-corrected chi connectivity index (χ4v) is 5.52. The third-order valence-corrected chi connectivity index (χ3v) is 7.14. The van der Waals surface area contributed by atoms with E-state index in [0.717, 1.165) is 31.8 Å². The van der Waals surface area contributed by atoms with E-state index in [0.29, 0.717) is 18.1 Å². The molecule has 5 rings (SSSR count). The molecule has 31 heavy (non-hydrogen) atoms. The predicted octanol–water partition coefficient (Wildman–Crippen LogP) is 4.18. The molecule has 0 aromatic heterocycles. The highest BCUT2D eigenvalue weighted by Gasteiger charge is 2.44. The molecule has 1 saturated carbocycles. The minimum Gasteiger partial charge on any atom is -0.354 e. The molecular weight excluding hydrogens is 394 g/mol. The zero-order chi connectivity index (χ0) is 21.4. The summed E-state index contributed by atoms with van der Waals surface area (Å²) in [7, 11) is 1.76. The first-order valence-corrected chi connectivity index (χ1v) is 11.4. The lowest BCUT2D eigenvalue weighted by Gasteiger charge is -2.39. The second-order valence-electron chi connectivity index (χ2n) is 9.16. The van der Waals surface area contributed by atoms with Gasteiger partial charge >= 0.3 is 0 Å². The van der Waals surface area contributed by atoms with Gasteiger partial charge in [-0.15, -0.1) is 0 Å². The van der Waals surface area contributed by atoms with Crippen LogP contribution in [0.4, 0.5) is 8.78 Å². The van der Waals surface area contributed by atoms with Crippen LogP contribution < -0.4 is 10.6 Å². The Balaban J connectivity index is 1.17. The number of aliphatic imine (C=N–C) groups is 1. The smallest absolute Gasteiger partial charge is 0.191 e. The number of fused-ring (bicyclic) bond motifs is 2. The molecule has 2 saturated heterocycles. The van der Waals surface area contributed by atoms with Crippen LogP contribution in [0.2, 0.25) is 0 Å². The van der Waals surface area contributed by atoms with E-state index in [1.165, 1.54) is 36.6 Å². The quantitative estimate of drug-likeness (QED) is 0.559. The van der Waals surface area contributed by atoms with E-state index in [-0.39, 0.29) is 17.5 Å². The maximum absolute atomic E-state index is 14.1. The van der Waals surface area contributed by atoms with Gasteiger partial charge in [0.1, 0.15) is 11.6 Å². The first kappa shape index (κ1) is 20.4. The van der Waals surface area contributed by atoms with Crippen molar-refractivity contribution >= 4 is 5.96 Å². The molecule has 164 valence electrons. The second kappa shape index (κ2) is 8.58. The Kier molecular flexibility index (Phi) is 5.65. The molecule has 2 heterocycles. The van der Waals surface area contributed by atoms with Gasteiger partial charge in [0.2, 0.25) is 0 Å². The molecule has 0 amide bonds. The average molecular weight is 425 g/mol. The summed E-state index contributed by atoms with van der Waals surface area (Å²) in [6.45, 7) is 1.02. The van der Waals surface area contributed by atoms with E-state index in [2.05, 4.69) is 50.9 Å². The Labute approximate surface area is 182 Å². The minimum atomic E-state index is -0.459. The van der Waals surface area contributed by atoms with Gasteiger partial charge in [-0.25, -0.2) is 8.78 Å². The van der Waals surface area contributed by atoms with Gasteiger partial charge in [0, 0.05) is 49.2 Å². The lowest BCUT2D eigenvalue weighted by Crippen LogP contribution is -2.52. The van der Waals surface area contributed by atoms with Crippen LogP contribution in [0.3, 0.4) is 0 Å². The molecule has 1 aliphatic carbocycles. The molecule has 2 aromatic rings. The normalized spacial score (nSPS) is 30.3. The summed E-state index contributed by atoms with van der Waals surface area (Å²) >= 11 is 0. The van der Waals surface area contributed by atoms with Crippen LogP contribution >= 0.6 is 0 Å². The van der Waals surface area contributed by atoms with Gasteiger partial charge in [-0.2, -0.15) is 0 Å². The minimum absolute atomic E-state index is 0.0208. The molecular formula is C25H30F2N4. The van der Waals surface area contributed by atoms with Crippen LogP contribution in [0.25, 0.3) is 0 Å². The van der Waals surface area contributed by atoms with Gasteiger partial charge in [-0.05, 0) is 49.8 Å². The molecule has 0 spiro atoms. The van der Waals surface area contributed by atoms with E-state index in [1.54, 1.807) is 7.05 Å². The number of hydrogen-bond acceptors (Lipinski definition) is 2. The second-order valence-corrected chi connectivity index (χ2v) is 9.16. The molecule has 2 aliphatic heterocycles. The molecule has 4 atom stereocenters. The van der Waals surface area contributed by atoms with Gasteiger partial charge in [-0.1, -0.05) is 36.4 Å². The summed E-state index contributed by atoms with van der Waals surface area (Å²) < 4.78 is 28.1. The summed E-state index contributed by atoms with van der Waals surface area (Å²) in [5.41, 5.74) is 1.58. The number of halogens is 2. The summed E-state index contributed by atoms with van der Waals surface area (Å²) in [6.07, 6.45) is 5.41. The maximum Gasteiger partial charge on any atom is 0.191 e. The highest BCUT2D eigenvalue weighted by atomic mass is 19.1. The standard InChI is InChI=1S/C25H30F2N4/c1-28-25(30-23-14-20(23)24-21(26)8-5-9-22(24)27)29-17-12-18-10-11-19(13-17)31(18)15-16-6-3-2-4-7-16/h2-9,17-20,23H,10-15H2,1H3,(H2,28,29,30). The van der Waals surface area contributed by atoms with E-state index >= 15 is 0 Å². The van der Waals surface area contributed by atoms with Crippen molar-refractivity contribution in [2.75, 3.05) is 7.05 Å². The summed E-state index contributed by atoms with van der Waals surface area (Å²) in [6, 6.07) is 16.4. The van der Waals surface area contributed by atoms with Gasteiger partial charge in [0.25, 0.3) is 0 Å². The Morgan fingerprint density at radius 1 is 0.935 bits per heavy atom. The monoisotopic (exact) mass is 424 g/mol. The van der Waals surface area contributed by atoms with Gasteiger partial charge in [-0.3, -0.25) is 9.89 Å². The molecule has 2 bridgehead atoms. The van der Waals surface area contributed by atoms with E-state index in [9.17, 15) is 8.78 Å². The van der Waals surface area contributed by atoms with Crippen LogP contribution in [-0.2, 0) is 6.54 Å². The van der Waals surface area contributed by atoms with Crippen LogP contribution in [0.15, 0.2) is 53.5 Å². The van der Waals surface area contributed by atoms with E-state index in [4.69, 9.17) is 0 Å². The number of hydrogen-bond donors (Lipinski definition) is 2. The number of piperidine rings is 1. The van der Waals surface area contributed by atoms with E-state index < -0.39 is 11.6 Å². The predicted molar refractivity (Wildman–Crippen MR) is 119 cm³/mol. The number of guanidine groups is 1. The van der Waals surface area contributed by atoms with Crippen molar-refractivity contribution in [3.63, 3.8) is 0 Å². The third-order valence-electron chi connectivity index (χ3n) is 7.14. The molecule has 3 aliphatic rings. The van der Waals surface area contributed by atoms with Crippen molar-refractivity contribution in [1.82, 2.24) is 15.5 Å². The highest BCUT2D eigenvalue weighted by molar-refractivity contribution is 5.81. The third kappa shape index (κ3) is 4.31. The Morgan fingerprint density at radius 3 is 2.26 bits per heavy atom. The van der Waals surface area contributed by atoms with Crippen molar-refractivity contribution < 1.29 is 8.78 Å². The zero-order valence-electron chi connectivity index (χ0n) is 17.9. The highest BCUT2D eigenvalue weighted by Crippen LogP contribution is 2.43. The van der Waals surface area contributed by atoms with Crippen molar-refractivity contribution in [2.24, 2.45) is 4.99 Å². The molecule has 0 radical (unpaired) electrons. The van der Waals surface area contributed by atoms with Crippen molar-refractivity contribution in [3.05, 3.63) is 71.3 Å². The Hall–Kier alpha value is -2.47. The van der Waals surface area contributed by atoms with Crippen molar-refractivity contribution in [1.29, 1.82) is 0 Å². The molecule has 4 nitrogen and oxygen atoms in total. The maximum atomic E-state index is 14.1. The number of nitrogens with zero attached hydrogens (tertiary/aromatic N) is 2. The summed E-state index contributed by atoms with van der Waals surface area (Å²) in [5.74, 6) is -0.312. The van der Waals surface area contributed by atoms with Crippen LogP contribution in [0.1, 0.15) is 49.1 Å². The van der Waals surface area contributed by atoms with Gasteiger partial charge in [0.05, 0.1) is 0 Å². The number of rotatable bonds is 5. The largest absolute Gasteiger partial charge is 0.354 e. The van der Waals surface area contributed by atoms with Crippen LogP contribution in [-0.4, -0.2) is 42.1 Å². The number of nitrogens with one attached hydrogen (secondary N) is 2. The first-order chi connectivity index (χ1) is 15.1. The molecule has 2 aromatic carbocycles. The lowest BCUT2D eigenvalue weighted by molar-refractivity contribution is 0.114. The SMILES string of the molecule is CN=C(NC1CC2CCC(C1)N2Cc1ccccc1)NC1CC1c1c(F)cccc1F.